The summed E-state index contributed by atoms with van der Waals surface area (Å²) >= 11 is 3.21. The molecular formula is C22H16BrF3N4O3. The van der Waals surface area contributed by atoms with Crippen molar-refractivity contribution in [2.24, 2.45) is 0 Å². The molecule has 0 spiro atoms. The number of anilines is 1. The zero-order valence-electron chi connectivity index (χ0n) is 17.3. The second-order valence-electron chi connectivity index (χ2n) is 6.81. The van der Waals surface area contributed by atoms with Crippen LogP contribution in [0.2, 0.25) is 0 Å². The van der Waals surface area contributed by atoms with E-state index in [0.717, 1.165) is 6.07 Å². The highest BCUT2D eigenvalue weighted by molar-refractivity contribution is 9.10. The molecule has 0 aliphatic carbocycles. The van der Waals surface area contributed by atoms with Crippen LogP contribution in [0.3, 0.4) is 0 Å². The lowest BCUT2D eigenvalue weighted by molar-refractivity contribution is -0.142. The maximum atomic E-state index is 13.8. The summed E-state index contributed by atoms with van der Waals surface area (Å²) in [4.78, 5) is 17.2. The molecule has 0 saturated heterocycles. The molecule has 0 aliphatic rings. The van der Waals surface area contributed by atoms with Crippen LogP contribution in [0.25, 0.3) is 16.9 Å². The Morgan fingerprint density at radius 1 is 1.03 bits per heavy atom. The number of halogens is 4. The Kier molecular flexibility index (Phi) is 5.98. The minimum absolute atomic E-state index is 0.0313. The summed E-state index contributed by atoms with van der Waals surface area (Å²) in [5, 5.41) is 6.51. The van der Waals surface area contributed by atoms with E-state index in [4.69, 9.17) is 9.47 Å². The van der Waals surface area contributed by atoms with Gasteiger partial charge in [-0.25, -0.2) is 9.50 Å². The fourth-order valence-electron chi connectivity index (χ4n) is 3.20. The van der Waals surface area contributed by atoms with Crippen LogP contribution in [0.4, 0.5) is 18.9 Å². The van der Waals surface area contributed by atoms with E-state index < -0.39 is 17.8 Å². The third kappa shape index (κ3) is 4.36. The van der Waals surface area contributed by atoms with Gasteiger partial charge in [-0.3, -0.25) is 4.79 Å². The van der Waals surface area contributed by atoms with Crippen molar-refractivity contribution in [1.82, 2.24) is 14.6 Å². The van der Waals surface area contributed by atoms with Crippen LogP contribution in [0.1, 0.15) is 16.2 Å². The fraction of sp³-hybridized carbons (Fsp3) is 0.136. The molecule has 0 unspecified atom stereocenters. The number of rotatable bonds is 5. The van der Waals surface area contributed by atoms with Gasteiger partial charge in [0, 0.05) is 17.3 Å². The monoisotopic (exact) mass is 520 g/mol. The molecule has 1 amide bonds. The quantitative estimate of drug-likeness (QED) is 0.378. The first-order chi connectivity index (χ1) is 15.7. The highest BCUT2D eigenvalue weighted by Gasteiger charge is 2.36. The summed E-state index contributed by atoms with van der Waals surface area (Å²) in [5.41, 5.74) is -0.514. The first-order valence-electron chi connectivity index (χ1n) is 9.48. The van der Waals surface area contributed by atoms with Gasteiger partial charge in [0.05, 0.1) is 24.4 Å². The number of nitrogens with one attached hydrogen (secondary N) is 1. The molecule has 2 aromatic heterocycles. The predicted molar refractivity (Wildman–Crippen MR) is 119 cm³/mol. The van der Waals surface area contributed by atoms with Gasteiger partial charge in [0.15, 0.2) is 28.5 Å². The van der Waals surface area contributed by atoms with Gasteiger partial charge in [0.1, 0.15) is 0 Å². The molecule has 2 aromatic carbocycles. The number of alkyl halides is 3. The standard InChI is InChI=1S/C22H16BrF3N4O3/c1-32-15-9-8-13(10-16(15)33-2)27-21(31)19-18(23)20-28-14(12-6-4-3-5-7-12)11-17(22(24,25)26)30(20)29-19/h3-11H,1-2H3,(H,27,31). The minimum atomic E-state index is -4.73. The largest absolute Gasteiger partial charge is 0.493 e. The van der Waals surface area contributed by atoms with Crippen LogP contribution in [0.5, 0.6) is 11.5 Å². The number of aromatic nitrogens is 3. The SMILES string of the molecule is COc1ccc(NC(=O)c2nn3c(C(F)(F)F)cc(-c4ccccc4)nc3c2Br)cc1OC. The van der Waals surface area contributed by atoms with Gasteiger partial charge < -0.3 is 14.8 Å². The van der Waals surface area contributed by atoms with Gasteiger partial charge in [0.25, 0.3) is 5.91 Å². The van der Waals surface area contributed by atoms with Crippen molar-refractivity contribution in [2.75, 3.05) is 19.5 Å². The van der Waals surface area contributed by atoms with Gasteiger partial charge in [-0.15, -0.1) is 0 Å². The molecule has 170 valence electrons. The molecule has 4 rings (SSSR count). The molecule has 1 N–H and O–H groups in total. The zero-order chi connectivity index (χ0) is 23.8. The molecule has 2 heterocycles. The van der Waals surface area contributed by atoms with Crippen LogP contribution in [0.15, 0.2) is 59.1 Å². The zero-order valence-corrected chi connectivity index (χ0v) is 18.9. The summed E-state index contributed by atoms with van der Waals surface area (Å²) in [6, 6.07) is 14.0. The lowest BCUT2D eigenvalue weighted by atomic mass is 10.1. The van der Waals surface area contributed by atoms with Gasteiger partial charge in [-0.05, 0) is 34.1 Å². The first kappa shape index (κ1) is 22.6. The normalized spacial score (nSPS) is 11.5. The van der Waals surface area contributed by atoms with Crippen molar-refractivity contribution in [3.63, 3.8) is 0 Å². The van der Waals surface area contributed by atoms with Crippen LogP contribution < -0.4 is 14.8 Å². The third-order valence-corrected chi connectivity index (χ3v) is 5.48. The average Bonchev–Trinajstić information content (AvgIpc) is 3.14. The Bertz CT molecular complexity index is 1340. The Hall–Kier alpha value is -3.60. The van der Waals surface area contributed by atoms with Gasteiger partial charge >= 0.3 is 6.18 Å². The Labute approximate surface area is 194 Å². The molecule has 11 heteroatoms. The molecule has 0 bridgehead atoms. The number of amides is 1. The lowest BCUT2D eigenvalue weighted by Gasteiger charge is -2.11. The summed E-state index contributed by atoms with van der Waals surface area (Å²) < 4.78 is 52.5. The number of carbonyl (C=O) groups excluding carboxylic acids is 1. The van der Waals surface area contributed by atoms with Crippen LogP contribution in [0, 0.1) is 0 Å². The van der Waals surface area contributed by atoms with E-state index in [1.54, 1.807) is 42.5 Å². The van der Waals surface area contributed by atoms with E-state index >= 15 is 0 Å². The highest BCUT2D eigenvalue weighted by atomic mass is 79.9. The number of nitrogens with zero attached hydrogens (tertiary/aromatic N) is 3. The third-order valence-electron chi connectivity index (χ3n) is 4.75. The molecule has 0 saturated carbocycles. The summed E-state index contributed by atoms with van der Waals surface area (Å²) in [5.74, 6) is 0.101. The topological polar surface area (TPSA) is 77.8 Å². The molecular weight excluding hydrogens is 505 g/mol. The van der Waals surface area contributed by atoms with Crippen LogP contribution >= 0.6 is 15.9 Å². The lowest BCUT2D eigenvalue weighted by Crippen LogP contribution is -2.16. The van der Waals surface area contributed by atoms with Crippen molar-refractivity contribution in [2.45, 2.75) is 6.18 Å². The molecule has 0 fully saturated rings. The summed E-state index contributed by atoms with van der Waals surface area (Å²) in [6.07, 6.45) is -4.73. The summed E-state index contributed by atoms with van der Waals surface area (Å²) in [6.45, 7) is 0. The average molecular weight is 521 g/mol. The molecule has 0 radical (unpaired) electrons. The number of carbonyl (C=O) groups is 1. The number of hydrogen-bond donors (Lipinski definition) is 1. The summed E-state index contributed by atoms with van der Waals surface area (Å²) in [7, 11) is 2.91. The first-order valence-corrected chi connectivity index (χ1v) is 10.3. The maximum absolute atomic E-state index is 13.8. The number of fused-ring (bicyclic) bond motifs is 1. The molecule has 0 aliphatic heterocycles. The van der Waals surface area contributed by atoms with Crippen molar-refractivity contribution in [3.8, 4) is 22.8 Å². The number of hydrogen-bond acceptors (Lipinski definition) is 5. The molecule has 4 aromatic rings. The predicted octanol–water partition coefficient (Wildman–Crippen LogP) is 5.45. The number of ether oxygens (including phenoxy) is 2. The Balaban J connectivity index is 1.79. The highest BCUT2D eigenvalue weighted by Crippen LogP contribution is 2.35. The minimum Gasteiger partial charge on any atom is -0.493 e. The van der Waals surface area contributed by atoms with Crippen molar-refractivity contribution < 1.29 is 27.4 Å². The van der Waals surface area contributed by atoms with Crippen molar-refractivity contribution >= 4 is 33.2 Å². The van der Waals surface area contributed by atoms with Gasteiger partial charge in [-0.1, -0.05) is 30.3 Å². The number of methoxy groups -OCH3 is 2. The molecule has 33 heavy (non-hydrogen) atoms. The second kappa shape index (κ2) is 8.74. The van der Waals surface area contributed by atoms with E-state index in [1.165, 1.54) is 20.3 Å². The fourth-order valence-corrected chi connectivity index (χ4v) is 3.72. The second-order valence-corrected chi connectivity index (χ2v) is 7.61. The molecule has 0 atom stereocenters. The Morgan fingerprint density at radius 2 is 1.73 bits per heavy atom. The van der Waals surface area contributed by atoms with Gasteiger partial charge in [-0.2, -0.15) is 18.3 Å². The van der Waals surface area contributed by atoms with E-state index in [2.05, 4.69) is 31.3 Å². The van der Waals surface area contributed by atoms with Crippen LogP contribution in [-0.2, 0) is 6.18 Å². The smallest absolute Gasteiger partial charge is 0.433 e. The van der Waals surface area contributed by atoms with Crippen LogP contribution in [-0.4, -0.2) is 34.7 Å². The van der Waals surface area contributed by atoms with Gasteiger partial charge in [0.2, 0.25) is 0 Å². The molecule has 7 nitrogen and oxygen atoms in total. The van der Waals surface area contributed by atoms with E-state index in [0.29, 0.717) is 27.3 Å². The van der Waals surface area contributed by atoms with Crippen molar-refractivity contribution in [3.05, 3.63) is 70.5 Å². The van der Waals surface area contributed by atoms with E-state index in [1.807, 2.05) is 0 Å². The maximum Gasteiger partial charge on any atom is 0.433 e. The Morgan fingerprint density at radius 3 is 2.36 bits per heavy atom. The van der Waals surface area contributed by atoms with Crippen molar-refractivity contribution in [1.29, 1.82) is 0 Å². The van der Waals surface area contributed by atoms with E-state index in [-0.39, 0.29) is 21.5 Å². The van der Waals surface area contributed by atoms with E-state index in [9.17, 15) is 18.0 Å². The number of benzene rings is 2.